The molecule has 7 nitrogen and oxygen atoms in total. The predicted molar refractivity (Wildman–Crippen MR) is 407 cm³/mol. The van der Waals surface area contributed by atoms with E-state index in [2.05, 4.69) is 308 Å². The van der Waals surface area contributed by atoms with E-state index < -0.39 is 0 Å². The van der Waals surface area contributed by atoms with Crippen molar-refractivity contribution in [3.8, 4) is 51.0 Å². The Morgan fingerprint density at radius 3 is 1.00 bits per heavy atom. The highest BCUT2D eigenvalue weighted by Gasteiger charge is 2.36. The first-order valence-electron chi connectivity index (χ1n) is 34.1. The van der Waals surface area contributed by atoms with E-state index in [0.29, 0.717) is 22.7 Å². The van der Waals surface area contributed by atoms with Gasteiger partial charge in [0.05, 0.1) is 62.4 Å². The Hall–Kier alpha value is -10.0. The molecule has 0 spiro atoms. The van der Waals surface area contributed by atoms with Gasteiger partial charge in [-0.25, -0.2) is 14.8 Å². The molecule has 0 N–H and O–H groups in total. The van der Waals surface area contributed by atoms with Gasteiger partial charge in [0.1, 0.15) is 11.3 Å². The molecule has 7 heteroatoms. The number of benzene rings is 10. The average molecular weight is 1260 g/mol. The lowest BCUT2D eigenvalue weighted by Gasteiger charge is -2.24. The van der Waals surface area contributed by atoms with Gasteiger partial charge in [0.25, 0.3) is 0 Å². The van der Waals surface area contributed by atoms with Crippen LogP contribution in [0.4, 0.5) is 5.69 Å². The maximum atomic E-state index is 10.3. The Morgan fingerprint density at radius 1 is 0.312 bits per heavy atom. The molecule has 5 heterocycles. The first-order chi connectivity index (χ1) is 45.4. The summed E-state index contributed by atoms with van der Waals surface area (Å²) in [6.45, 7) is 51.7. The van der Waals surface area contributed by atoms with E-state index in [1.54, 1.807) is 0 Å². The van der Waals surface area contributed by atoms with Crippen LogP contribution in [-0.2, 0) is 32.5 Å². The van der Waals surface area contributed by atoms with Gasteiger partial charge in [-0.15, -0.1) is 0 Å². The van der Waals surface area contributed by atoms with Crippen molar-refractivity contribution in [1.29, 1.82) is 0 Å². The third-order valence-corrected chi connectivity index (χ3v) is 20.2. The van der Waals surface area contributed by atoms with E-state index in [4.69, 9.17) is 19.2 Å². The van der Waals surface area contributed by atoms with Gasteiger partial charge in [-0.3, -0.25) is 0 Å². The Bertz CT molecular complexity index is 5480. The van der Waals surface area contributed by atoms with Crippen molar-refractivity contribution in [2.45, 2.75) is 157 Å². The quantitative estimate of drug-likeness (QED) is 0.156. The maximum Gasteiger partial charge on any atom is 0.236 e. The number of para-hydroxylation sites is 1. The lowest BCUT2D eigenvalue weighted by molar-refractivity contribution is 0.590. The summed E-state index contributed by atoms with van der Waals surface area (Å²) in [5, 5.41) is 8.46. The summed E-state index contributed by atoms with van der Waals surface area (Å²) >= 11 is 0. The van der Waals surface area contributed by atoms with E-state index in [1.807, 2.05) is 24.3 Å². The summed E-state index contributed by atoms with van der Waals surface area (Å²) in [5.74, 6) is 0.610. The Morgan fingerprint density at radius 2 is 0.646 bits per heavy atom. The van der Waals surface area contributed by atoms with Gasteiger partial charge in [0, 0.05) is 59.8 Å². The van der Waals surface area contributed by atoms with Crippen LogP contribution in [0.2, 0.25) is 0 Å². The van der Waals surface area contributed by atoms with Crippen LogP contribution in [0, 0.1) is 6.57 Å². The second-order valence-corrected chi connectivity index (χ2v) is 33.1. The molecule has 0 amide bonds. The number of rotatable bonds is 6. The summed E-state index contributed by atoms with van der Waals surface area (Å²) in [6.07, 6.45) is 0. The monoisotopic (exact) mass is 1250 g/mol. The summed E-state index contributed by atoms with van der Waals surface area (Å²) in [7, 11) is 0. The van der Waals surface area contributed by atoms with Crippen molar-refractivity contribution in [2.24, 2.45) is 0 Å². The van der Waals surface area contributed by atoms with Crippen LogP contribution >= 0.6 is 0 Å². The minimum atomic E-state index is -0.153. The molecular formula is C89H86N6O. The zero-order chi connectivity index (χ0) is 67.7. The number of hydrogen-bond acceptors (Lipinski definition) is 3. The summed E-state index contributed by atoms with van der Waals surface area (Å²) < 4.78 is 15.5. The molecule has 0 bridgehead atoms. The first-order valence-corrected chi connectivity index (χ1v) is 34.1. The fraction of sp³-hybridized carbons (Fsp3) is 0.270. The van der Waals surface area contributed by atoms with Crippen LogP contribution in [0.1, 0.15) is 158 Å². The van der Waals surface area contributed by atoms with Crippen molar-refractivity contribution >= 4 is 93.0 Å². The van der Waals surface area contributed by atoms with Crippen molar-refractivity contribution in [3.63, 3.8) is 0 Å². The predicted octanol–water partition coefficient (Wildman–Crippen LogP) is 25.0. The summed E-state index contributed by atoms with van der Waals surface area (Å²) in [5.41, 5.74) is 20.8. The Kier molecular flexibility index (Phi) is 13.9. The average Bonchev–Trinajstić information content (AvgIpc) is 1.51. The fourth-order valence-corrected chi connectivity index (χ4v) is 14.6. The van der Waals surface area contributed by atoms with Gasteiger partial charge >= 0.3 is 0 Å². The smallest absolute Gasteiger partial charge is 0.236 e. The van der Waals surface area contributed by atoms with E-state index >= 15 is 0 Å². The molecule has 0 radical (unpaired) electrons. The molecule has 5 aromatic heterocycles. The first kappa shape index (κ1) is 62.1. The normalized spacial score (nSPS) is 13.1. The van der Waals surface area contributed by atoms with Crippen LogP contribution in [0.3, 0.4) is 0 Å². The van der Waals surface area contributed by atoms with E-state index in [-0.39, 0.29) is 32.5 Å². The van der Waals surface area contributed by atoms with E-state index in [9.17, 15) is 6.57 Å². The van der Waals surface area contributed by atoms with Gasteiger partial charge in [0.2, 0.25) is 5.69 Å². The lowest BCUT2D eigenvalue weighted by Crippen LogP contribution is -2.11. The molecule has 0 fully saturated rings. The van der Waals surface area contributed by atoms with Crippen LogP contribution < -0.4 is 0 Å². The Balaban J connectivity index is 1.23. The molecular weight excluding hydrogens is 1170 g/mol. The molecule has 10 aromatic carbocycles. The van der Waals surface area contributed by atoms with Crippen molar-refractivity contribution in [3.05, 3.63) is 239 Å². The van der Waals surface area contributed by atoms with Gasteiger partial charge in [-0.1, -0.05) is 234 Å². The maximum absolute atomic E-state index is 10.3. The third kappa shape index (κ3) is 10.0. The van der Waals surface area contributed by atoms with E-state index in [1.165, 1.54) is 33.4 Å². The minimum absolute atomic E-state index is 0.146. The largest absolute Gasteiger partial charge is 0.453 e. The highest BCUT2D eigenvalue weighted by atomic mass is 16.3. The number of furan rings is 1. The molecule has 0 aliphatic heterocycles. The minimum Gasteiger partial charge on any atom is -0.453 e. The molecule has 0 saturated heterocycles. The van der Waals surface area contributed by atoms with E-state index in [0.717, 1.165) is 121 Å². The van der Waals surface area contributed by atoms with Gasteiger partial charge in [-0.05, 0) is 151 Å². The van der Waals surface area contributed by atoms with Crippen LogP contribution in [0.15, 0.2) is 199 Å². The van der Waals surface area contributed by atoms with Crippen molar-refractivity contribution in [2.75, 3.05) is 0 Å². The zero-order valence-corrected chi connectivity index (χ0v) is 59.1. The van der Waals surface area contributed by atoms with Crippen LogP contribution in [0.5, 0.6) is 0 Å². The molecule has 0 aliphatic rings. The molecule has 478 valence electrons. The van der Waals surface area contributed by atoms with Gasteiger partial charge in [-0.2, -0.15) is 0 Å². The molecule has 0 unspecified atom stereocenters. The molecule has 0 atom stereocenters. The fourth-order valence-electron chi connectivity index (χ4n) is 14.6. The standard InChI is InChI=1S/C89H86N6O/c1-84(2,3)54-33-39-70-62(45-54)63-46-55(85(4,5)6)34-40-71(63)93(70)78-76-61-32-26-31-60(69-51-68(52-27-22-20-23-28-52)91-83(92-69)53-29-24-21-25-30-53)81(61)96-82(76)80(95-74-43-37-58(88(13,14)15)49-66(74)67-50-59(89(16,17)18)38-44-75(67)95)79(77(78)90-19)94-72-41-35-56(86(7,8)9)47-64(72)65-48-57(87(10,11)12)36-42-73(65)94/h20-51H,1-18H3. The SMILES string of the molecule is [C-]#[N+]c1c(-n2c3ccc(C(C)(C)C)cc3c3cc(C(C)(C)C)ccc32)c(-n2c3ccc(C(C)(C)C)cc3c3cc(C(C)(C)C)ccc32)c2oc3c(-c4cc(-c5ccccc5)nc(-c5ccccc5)n4)cccc3c2c1-n1c2ccc(C(C)(C)C)cc2c2cc(C(C)(C)C)ccc21. The van der Waals surface area contributed by atoms with Crippen LogP contribution in [0.25, 0.3) is 143 Å². The zero-order valence-electron chi connectivity index (χ0n) is 59.1. The topological polar surface area (TPSA) is 58.1 Å². The number of nitrogens with zero attached hydrogens (tertiary/aromatic N) is 6. The van der Waals surface area contributed by atoms with Crippen LogP contribution in [-0.4, -0.2) is 23.7 Å². The highest BCUT2D eigenvalue weighted by molar-refractivity contribution is 6.24. The molecule has 0 saturated carbocycles. The number of aromatic nitrogens is 5. The second-order valence-electron chi connectivity index (χ2n) is 33.1. The molecule has 15 aromatic rings. The van der Waals surface area contributed by atoms with Crippen molar-refractivity contribution in [1.82, 2.24) is 23.7 Å². The van der Waals surface area contributed by atoms with Crippen molar-refractivity contribution < 1.29 is 4.42 Å². The Labute approximate surface area is 564 Å². The van der Waals surface area contributed by atoms with Gasteiger partial charge in [0.15, 0.2) is 11.4 Å². The lowest BCUT2D eigenvalue weighted by atomic mass is 9.85. The molecule has 15 rings (SSSR count). The summed E-state index contributed by atoms with van der Waals surface area (Å²) in [6, 6.07) is 71.4. The number of hydrogen-bond donors (Lipinski definition) is 0. The number of fused-ring (bicyclic) bond motifs is 12. The second kappa shape index (κ2) is 21.5. The summed E-state index contributed by atoms with van der Waals surface area (Å²) in [4.78, 5) is 15.9. The molecule has 0 aliphatic carbocycles. The van der Waals surface area contributed by atoms with Gasteiger partial charge < -0.3 is 18.1 Å². The molecule has 96 heavy (non-hydrogen) atoms. The third-order valence-electron chi connectivity index (χ3n) is 20.2. The highest BCUT2D eigenvalue weighted by Crippen LogP contribution is 2.55.